The third kappa shape index (κ3) is 4.75. The first-order valence-electron chi connectivity index (χ1n) is 8.95. The van der Waals surface area contributed by atoms with Gasteiger partial charge in [0.2, 0.25) is 12.6 Å². The van der Waals surface area contributed by atoms with Crippen molar-refractivity contribution < 1.29 is 9.53 Å². The molecule has 1 aromatic rings. The van der Waals surface area contributed by atoms with Gasteiger partial charge in [0, 0.05) is 12.8 Å². The van der Waals surface area contributed by atoms with Crippen LogP contribution in [0, 0.1) is 25.4 Å². The monoisotopic (exact) mass is 357 g/mol. The van der Waals surface area contributed by atoms with E-state index < -0.39 is 8.32 Å². The second-order valence-corrected chi connectivity index (χ2v) is 12.7. The molecular formula is C21H31NO2Si+. The van der Waals surface area contributed by atoms with E-state index in [4.69, 9.17) is 4.43 Å². The third-order valence-electron chi connectivity index (χ3n) is 5.19. The minimum atomic E-state index is -1.83. The summed E-state index contributed by atoms with van der Waals surface area (Å²) in [7, 11) is -1.83. The molecule has 0 aromatic heterocycles. The molecule has 25 heavy (non-hydrogen) atoms. The zero-order chi connectivity index (χ0) is 18.7. The molecule has 0 aliphatic carbocycles. The van der Waals surface area contributed by atoms with Gasteiger partial charge in [0.25, 0.3) is 0 Å². The van der Waals surface area contributed by atoms with Gasteiger partial charge in [-0.2, -0.15) is 0 Å². The van der Waals surface area contributed by atoms with E-state index in [1.165, 1.54) is 0 Å². The number of likely N-dealkylation sites (tertiary alicyclic amines) is 1. The number of allylic oxidation sites excluding steroid dienone is 1. The summed E-state index contributed by atoms with van der Waals surface area (Å²) < 4.78 is 6.33. The Kier molecular flexibility index (Phi) is 6.52. The Morgan fingerprint density at radius 3 is 2.36 bits per heavy atom. The van der Waals surface area contributed by atoms with Crippen LogP contribution in [0.25, 0.3) is 5.57 Å². The maximum atomic E-state index is 10.9. The van der Waals surface area contributed by atoms with E-state index in [1.807, 2.05) is 54.6 Å². The van der Waals surface area contributed by atoms with E-state index in [1.54, 1.807) is 0 Å². The van der Waals surface area contributed by atoms with Crippen molar-refractivity contribution in [2.24, 2.45) is 0 Å². The normalized spacial score (nSPS) is 18.5. The molecule has 3 nitrogen and oxygen atoms in total. The number of nitrogens with zero attached hydrogens (tertiary/aromatic N) is 1. The van der Waals surface area contributed by atoms with E-state index >= 15 is 0 Å². The summed E-state index contributed by atoms with van der Waals surface area (Å²) in [6.45, 7) is 15.7. The Bertz CT molecular complexity index is 590. The number of aliphatic hydroxyl groups is 1. The fraction of sp³-hybridized carbons (Fsp3) is 0.429. The van der Waals surface area contributed by atoms with Crippen LogP contribution in [0.1, 0.15) is 39.7 Å². The Hall–Kier alpha value is -1.10. The first-order chi connectivity index (χ1) is 11.7. The molecule has 1 aromatic carbocycles. The van der Waals surface area contributed by atoms with Crippen LogP contribution in [-0.2, 0) is 4.43 Å². The van der Waals surface area contributed by atoms with E-state index in [2.05, 4.69) is 40.8 Å². The quantitative estimate of drug-likeness (QED) is 0.408. The standard InChI is InChI=1S/C21H31NO2Si/c1-7-19(17-12-9-8-10-13-17)20(23)22-15-11-14-18(22)16-24-25(5,6)21(2,3)4/h8-15,23H,7,16H2,1-6H3/q+1/b20-19-. The maximum absolute atomic E-state index is 10.9. The van der Waals surface area contributed by atoms with E-state index in [9.17, 15) is 5.11 Å². The molecule has 0 bridgehead atoms. The number of hydrogen-bond acceptors (Lipinski definition) is 3. The summed E-state index contributed by atoms with van der Waals surface area (Å²) in [6, 6.07) is 11.0. The molecule has 0 atom stereocenters. The van der Waals surface area contributed by atoms with Crippen LogP contribution >= 0.6 is 0 Å². The highest BCUT2D eigenvalue weighted by atomic mass is 28.4. The molecular weight excluding hydrogens is 326 g/mol. The Balaban J connectivity index is 2.16. The van der Waals surface area contributed by atoms with Crippen molar-refractivity contribution in [2.45, 2.75) is 52.2 Å². The summed E-state index contributed by atoms with van der Waals surface area (Å²) in [5.41, 5.74) is 1.98. The Morgan fingerprint density at radius 2 is 1.80 bits per heavy atom. The molecule has 1 aliphatic heterocycles. The van der Waals surface area contributed by atoms with Gasteiger partial charge < -0.3 is 9.53 Å². The highest BCUT2D eigenvalue weighted by Gasteiger charge is 2.45. The molecule has 1 heterocycles. The predicted octanol–water partition coefficient (Wildman–Crippen LogP) is 5.60. The van der Waals surface area contributed by atoms with Crippen LogP contribution in [-0.4, -0.2) is 20.0 Å². The summed E-state index contributed by atoms with van der Waals surface area (Å²) in [5, 5.41) is 11.1. The van der Waals surface area contributed by atoms with Gasteiger partial charge in [0.05, 0.1) is 5.57 Å². The average molecular weight is 358 g/mol. The molecule has 1 aliphatic rings. The topological polar surface area (TPSA) is 35.4 Å². The fourth-order valence-corrected chi connectivity index (χ4v) is 3.43. The average Bonchev–Trinajstić information content (AvgIpc) is 3.02. The van der Waals surface area contributed by atoms with E-state index in [0.717, 1.165) is 23.6 Å². The van der Waals surface area contributed by atoms with E-state index in [-0.39, 0.29) is 10.9 Å². The minimum absolute atomic E-state index is 0.168. The third-order valence-corrected chi connectivity index (χ3v) is 9.67. The summed E-state index contributed by atoms with van der Waals surface area (Å²) in [4.78, 5) is 1.85. The van der Waals surface area contributed by atoms with Crippen LogP contribution in [0.15, 0.2) is 36.2 Å². The van der Waals surface area contributed by atoms with Gasteiger partial charge in [-0.05, 0) is 30.1 Å². The SMILES string of the molecule is CC/C(=C(/O)[N+]1[CH][CH][CH][C]1CO[Si](C)(C)C(C)(C)C)c1ccccc1. The first-order valence-corrected chi connectivity index (χ1v) is 11.9. The number of aliphatic hydroxyl groups excluding tert-OH is 1. The van der Waals surface area contributed by atoms with Gasteiger partial charge in [0.1, 0.15) is 6.61 Å². The molecule has 4 heteroatoms. The van der Waals surface area contributed by atoms with Gasteiger partial charge in [0.15, 0.2) is 8.32 Å². The van der Waals surface area contributed by atoms with Crippen molar-refractivity contribution in [3.63, 3.8) is 0 Å². The van der Waals surface area contributed by atoms with Gasteiger partial charge in [-0.15, -0.1) is 0 Å². The van der Waals surface area contributed by atoms with Crippen molar-refractivity contribution in [1.82, 2.24) is 4.90 Å². The molecule has 5 radical (unpaired) electrons. The summed E-state index contributed by atoms with van der Waals surface area (Å²) >= 11 is 0. The molecule has 0 saturated carbocycles. The largest absolute Gasteiger partial charge is 0.464 e. The van der Waals surface area contributed by atoms with Gasteiger partial charge in [-0.1, -0.05) is 62.9 Å². The highest BCUT2D eigenvalue weighted by molar-refractivity contribution is 6.74. The highest BCUT2D eigenvalue weighted by Crippen LogP contribution is 2.38. The molecule has 1 N–H and O–H groups in total. The zero-order valence-electron chi connectivity index (χ0n) is 16.3. The lowest BCUT2D eigenvalue weighted by atomic mass is 10.0. The first kappa shape index (κ1) is 20.2. The van der Waals surface area contributed by atoms with Crippen LogP contribution < -0.4 is 4.90 Å². The van der Waals surface area contributed by atoms with Crippen molar-refractivity contribution in [3.05, 3.63) is 67.2 Å². The molecule has 135 valence electrons. The van der Waals surface area contributed by atoms with Crippen molar-refractivity contribution in [1.29, 1.82) is 0 Å². The van der Waals surface area contributed by atoms with Crippen LogP contribution in [0.5, 0.6) is 0 Å². The number of benzene rings is 1. The molecule has 1 fully saturated rings. The smallest absolute Gasteiger partial charge is 0.343 e. The Labute approximate surface area is 154 Å². The van der Waals surface area contributed by atoms with Crippen LogP contribution in [0.3, 0.4) is 0 Å². The fourth-order valence-electron chi connectivity index (χ4n) is 2.49. The lowest BCUT2D eigenvalue weighted by molar-refractivity contribution is 0.257. The predicted molar refractivity (Wildman–Crippen MR) is 108 cm³/mol. The van der Waals surface area contributed by atoms with E-state index in [0.29, 0.717) is 6.61 Å². The summed E-state index contributed by atoms with van der Waals surface area (Å²) in [6.07, 6.45) is 4.73. The maximum Gasteiger partial charge on any atom is 0.343 e. The molecule has 0 amide bonds. The zero-order valence-corrected chi connectivity index (χ0v) is 17.3. The second-order valence-electron chi connectivity index (χ2n) is 7.94. The van der Waals surface area contributed by atoms with Crippen molar-refractivity contribution in [2.75, 3.05) is 6.61 Å². The molecule has 2 rings (SSSR count). The van der Waals surface area contributed by atoms with Crippen molar-refractivity contribution in [3.8, 4) is 0 Å². The Morgan fingerprint density at radius 1 is 1.16 bits per heavy atom. The van der Waals surface area contributed by atoms with Gasteiger partial charge >= 0.3 is 5.88 Å². The van der Waals surface area contributed by atoms with Crippen LogP contribution in [0.4, 0.5) is 0 Å². The number of hydrogen-bond donors (Lipinski definition) is 1. The van der Waals surface area contributed by atoms with Crippen LogP contribution in [0.2, 0.25) is 18.1 Å². The lowest BCUT2D eigenvalue weighted by Crippen LogP contribution is -2.43. The second kappa shape index (κ2) is 8.06. The molecule has 0 spiro atoms. The minimum Gasteiger partial charge on any atom is -0.464 e. The number of rotatable bonds is 6. The van der Waals surface area contributed by atoms with Crippen molar-refractivity contribution >= 4 is 13.9 Å². The summed E-state index contributed by atoms with van der Waals surface area (Å²) in [5.74, 6) is 0.285. The molecule has 0 unspecified atom stereocenters. The molecule has 1 saturated heterocycles. The lowest BCUT2D eigenvalue weighted by Gasteiger charge is -2.36. The van der Waals surface area contributed by atoms with Gasteiger partial charge in [-0.25, -0.2) is 0 Å². The van der Waals surface area contributed by atoms with Gasteiger partial charge in [-0.3, -0.25) is 0 Å².